The molecule has 0 saturated heterocycles. The van der Waals surface area contributed by atoms with E-state index in [0.29, 0.717) is 6.61 Å². The largest absolute Gasteiger partial charge is 0.493 e. The van der Waals surface area contributed by atoms with Gasteiger partial charge >= 0.3 is 0 Å². The van der Waals surface area contributed by atoms with Gasteiger partial charge in [-0.05, 0) is 60.4 Å². The molecule has 0 aliphatic heterocycles. The molecule has 27 heavy (non-hydrogen) atoms. The molecule has 0 spiro atoms. The van der Waals surface area contributed by atoms with E-state index in [4.69, 9.17) is 4.74 Å². The van der Waals surface area contributed by atoms with Crippen LogP contribution in [-0.2, 0) is 12.8 Å². The number of halogens is 1. The van der Waals surface area contributed by atoms with Crippen LogP contribution in [0.3, 0.4) is 0 Å². The third-order valence-electron chi connectivity index (χ3n) is 4.68. The number of carbonyl (C=O) groups is 1. The van der Waals surface area contributed by atoms with Crippen LogP contribution in [0.4, 0.5) is 0 Å². The lowest BCUT2D eigenvalue weighted by molar-refractivity contribution is 0.102. The highest BCUT2D eigenvalue weighted by Gasteiger charge is 2.22. The number of benzene rings is 2. The van der Waals surface area contributed by atoms with E-state index in [1.807, 2.05) is 48.5 Å². The zero-order valence-electron chi connectivity index (χ0n) is 14.7. The van der Waals surface area contributed by atoms with Crippen LogP contribution in [0.2, 0.25) is 0 Å². The van der Waals surface area contributed by atoms with E-state index < -0.39 is 0 Å². The minimum Gasteiger partial charge on any atom is -0.493 e. The number of hydrogen-bond acceptors (Lipinski definition) is 3. The first-order valence-electron chi connectivity index (χ1n) is 8.93. The Morgan fingerprint density at radius 3 is 2.78 bits per heavy atom. The molecule has 1 heterocycles. The fourth-order valence-corrected chi connectivity index (χ4v) is 3.51. The molecule has 0 unspecified atom stereocenters. The number of ketones is 1. The Balaban J connectivity index is 1.46. The van der Waals surface area contributed by atoms with Crippen molar-refractivity contribution in [3.05, 3.63) is 87.4 Å². The van der Waals surface area contributed by atoms with Crippen molar-refractivity contribution in [3.8, 4) is 5.75 Å². The molecule has 0 fully saturated rings. The van der Waals surface area contributed by atoms with E-state index in [2.05, 4.69) is 25.9 Å². The summed E-state index contributed by atoms with van der Waals surface area (Å²) < 4.78 is 6.87. The van der Waals surface area contributed by atoms with Crippen molar-refractivity contribution in [1.82, 2.24) is 9.97 Å². The molecule has 1 aromatic heterocycles. The smallest absolute Gasteiger partial charge is 0.189 e. The molecular formula is C22H19BrN2O2. The molecule has 0 saturated carbocycles. The summed E-state index contributed by atoms with van der Waals surface area (Å²) in [5.74, 6) is 0.921. The summed E-state index contributed by atoms with van der Waals surface area (Å²) in [7, 11) is 0. The summed E-state index contributed by atoms with van der Waals surface area (Å²) in [5.41, 5.74) is 4.80. The molecule has 5 heteroatoms. The second kappa shape index (κ2) is 7.92. The molecule has 0 radical (unpaired) electrons. The summed E-state index contributed by atoms with van der Waals surface area (Å²) in [6.45, 7) is 0.573. The number of aromatic nitrogens is 2. The van der Waals surface area contributed by atoms with E-state index in [1.165, 1.54) is 0 Å². The van der Waals surface area contributed by atoms with Crippen LogP contribution >= 0.6 is 15.9 Å². The van der Waals surface area contributed by atoms with Crippen LogP contribution in [-0.4, -0.2) is 22.4 Å². The minimum atomic E-state index is 0.114. The molecule has 0 bridgehead atoms. The molecule has 2 aromatic carbocycles. The first-order chi connectivity index (χ1) is 13.2. The summed E-state index contributed by atoms with van der Waals surface area (Å²) in [6.07, 6.45) is 7.83. The SMILES string of the molecule is O=C1C(=Cc2ccc(Br)cc2)CCc2cc(OCCc3cnc[nH]3)ccc21. The molecular weight excluding hydrogens is 404 g/mol. The highest BCUT2D eigenvalue weighted by Crippen LogP contribution is 2.29. The number of carbonyl (C=O) groups excluding carboxylic acids is 1. The first-order valence-corrected chi connectivity index (χ1v) is 9.72. The number of imidazole rings is 1. The molecule has 1 aliphatic rings. The third-order valence-corrected chi connectivity index (χ3v) is 5.21. The monoisotopic (exact) mass is 422 g/mol. The Bertz CT molecular complexity index is 976. The number of hydrogen-bond donors (Lipinski definition) is 1. The van der Waals surface area contributed by atoms with Gasteiger partial charge in [-0.15, -0.1) is 0 Å². The summed E-state index contributed by atoms with van der Waals surface area (Å²) in [5, 5.41) is 0. The van der Waals surface area contributed by atoms with Crippen molar-refractivity contribution in [2.24, 2.45) is 0 Å². The van der Waals surface area contributed by atoms with Gasteiger partial charge in [0.2, 0.25) is 0 Å². The van der Waals surface area contributed by atoms with E-state index in [1.54, 1.807) is 12.5 Å². The van der Waals surface area contributed by atoms with Crippen LogP contribution < -0.4 is 4.74 Å². The van der Waals surface area contributed by atoms with Gasteiger partial charge in [0, 0.05) is 33.9 Å². The van der Waals surface area contributed by atoms with Crippen LogP contribution in [0.5, 0.6) is 5.75 Å². The van der Waals surface area contributed by atoms with Crippen molar-refractivity contribution in [2.75, 3.05) is 6.61 Å². The standard InChI is InChI=1S/C22H19BrN2O2/c23-18-5-1-15(2-6-18)11-17-4-3-16-12-20(7-8-21(16)22(17)26)27-10-9-19-13-24-14-25-19/h1-2,5-8,11-14H,3-4,9-10H2,(H,24,25). The van der Waals surface area contributed by atoms with Crippen molar-refractivity contribution in [2.45, 2.75) is 19.3 Å². The molecule has 4 nitrogen and oxygen atoms in total. The van der Waals surface area contributed by atoms with E-state index in [0.717, 1.165) is 57.4 Å². The molecule has 0 amide bonds. The van der Waals surface area contributed by atoms with Gasteiger partial charge in [0.05, 0.1) is 12.9 Å². The van der Waals surface area contributed by atoms with Gasteiger partial charge in [-0.1, -0.05) is 28.1 Å². The Kier molecular flexibility index (Phi) is 5.21. The number of rotatable bonds is 5. The lowest BCUT2D eigenvalue weighted by Gasteiger charge is -2.18. The van der Waals surface area contributed by atoms with E-state index >= 15 is 0 Å². The van der Waals surface area contributed by atoms with E-state index in [-0.39, 0.29) is 5.78 Å². The highest BCUT2D eigenvalue weighted by atomic mass is 79.9. The third kappa shape index (κ3) is 4.19. The Morgan fingerprint density at radius 1 is 1.15 bits per heavy atom. The zero-order chi connectivity index (χ0) is 18.6. The number of aromatic amines is 1. The van der Waals surface area contributed by atoms with Gasteiger partial charge in [0.15, 0.2) is 5.78 Å². The van der Waals surface area contributed by atoms with Crippen LogP contribution in [0.1, 0.15) is 33.6 Å². The molecule has 1 aliphatic carbocycles. The average molecular weight is 423 g/mol. The fraction of sp³-hybridized carbons (Fsp3) is 0.182. The van der Waals surface area contributed by atoms with Crippen LogP contribution in [0.15, 0.2) is 65.0 Å². The quantitative estimate of drug-likeness (QED) is 0.588. The van der Waals surface area contributed by atoms with Crippen LogP contribution in [0.25, 0.3) is 6.08 Å². The van der Waals surface area contributed by atoms with E-state index in [9.17, 15) is 4.79 Å². The van der Waals surface area contributed by atoms with Gasteiger partial charge in [0.25, 0.3) is 0 Å². The van der Waals surface area contributed by atoms with Gasteiger partial charge < -0.3 is 9.72 Å². The number of fused-ring (bicyclic) bond motifs is 1. The summed E-state index contributed by atoms with van der Waals surface area (Å²) >= 11 is 3.44. The summed E-state index contributed by atoms with van der Waals surface area (Å²) in [6, 6.07) is 13.8. The number of Topliss-reactive ketones (excluding diaryl/α,β-unsaturated/α-hetero) is 1. The molecule has 0 atom stereocenters. The predicted molar refractivity (Wildman–Crippen MR) is 109 cm³/mol. The van der Waals surface area contributed by atoms with Gasteiger partial charge in [-0.3, -0.25) is 4.79 Å². The number of H-pyrrole nitrogens is 1. The summed E-state index contributed by atoms with van der Waals surface area (Å²) in [4.78, 5) is 19.9. The normalized spacial score (nSPS) is 15.0. The van der Waals surface area contributed by atoms with Gasteiger partial charge in [-0.2, -0.15) is 0 Å². The minimum absolute atomic E-state index is 0.114. The molecule has 3 aromatic rings. The topological polar surface area (TPSA) is 55.0 Å². The maximum atomic E-state index is 12.8. The van der Waals surface area contributed by atoms with Crippen molar-refractivity contribution in [1.29, 1.82) is 0 Å². The van der Waals surface area contributed by atoms with Crippen LogP contribution in [0, 0.1) is 0 Å². The number of allylic oxidation sites excluding steroid dienone is 1. The average Bonchev–Trinajstić information content (AvgIpc) is 3.19. The number of aryl methyl sites for hydroxylation is 1. The fourth-order valence-electron chi connectivity index (χ4n) is 3.24. The number of nitrogens with one attached hydrogen (secondary N) is 1. The first kappa shape index (κ1) is 17.7. The number of ether oxygens (including phenoxy) is 1. The highest BCUT2D eigenvalue weighted by molar-refractivity contribution is 9.10. The Labute approximate surface area is 166 Å². The molecule has 136 valence electrons. The maximum Gasteiger partial charge on any atom is 0.189 e. The van der Waals surface area contributed by atoms with Crippen molar-refractivity contribution in [3.63, 3.8) is 0 Å². The lowest BCUT2D eigenvalue weighted by Crippen LogP contribution is -2.14. The Morgan fingerprint density at radius 2 is 2.00 bits per heavy atom. The Hall–Kier alpha value is -2.66. The number of nitrogens with zero attached hydrogens (tertiary/aromatic N) is 1. The maximum absolute atomic E-state index is 12.8. The second-order valence-corrected chi connectivity index (χ2v) is 7.46. The molecule has 1 N–H and O–H groups in total. The second-order valence-electron chi connectivity index (χ2n) is 6.54. The van der Waals surface area contributed by atoms with Crippen molar-refractivity contribution < 1.29 is 9.53 Å². The van der Waals surface area contributed by atoms with Gasteiger partial charge in [-0.25, -0.2) is 4.98 Å². The molecule has 4 rings (SSSR count). The zero-order valence-corrected chi connectivity index (χ0v) is 16.3. The van der Waals surface area contributed by atoms with Crippen molar-refractivity contribution >= 4 is 27.8 Å². The predicted octanol–water partition coefficient (Wildman–Crippen LogP) is 5.01. The van der Waals surface area contributed by atoms with Gasteiger partial charge in [0.1, 0.15) is 5.75 Å². The lowest BCUT2D eigenvalue weighted by atomic mass is 9.86.